The monoisotopic (exact) mass is 209 g/mol. The maximum atomic E-state index is 11.3. The minimum Gasteiger partial charge on any atom is -0.356 e. The van der Waals surface area contributed by atoms with Crippen molar-refractivity contribution in [2.24, 2.45) is 0 Å². The van der Waals surface area contributed by atoms with Crippen LogP contribution in [0.2, 0.25) is 0 Å². The fourth-order valence-electron chi connectivity index (χ4n) is 1.87. The van der Waals surface area contributed by atoms with Gasteiger partial charge in [0.25, 0.3) is 0 Å². The second-order valence-corrected chi connectivity index (χ2v) is 4.27. The quantitative estimate of drug-likeness (QED) is 0.610. The number of nitrogens with one attached hydrogen (secondary N) is 1. The van der Waals surface area contributed by atoms with Crippen molar-refractivity contribution in [3.63, 3.8) is 0 Å². The minimum absolute atomic E-state index is 0.223. The average molecular weight is 209 g/mol. The van der Waals surface area contributed by atoms with Gasteiger partial charge in [-0.25, -0.2) is 0 Å². The molecule has 86 valence electrons. The summed E-state index contributed by atoms with van der Waals surface area (Å²) in [4.78, 5) is 11.3. The van der Waals surface area contributed by atoms with E-state index < -0.39 is 0 Å². The van der Waals surface area contributed by atoms with Crippen molar-refractivity contribution in [1.29, 1.82) is 0 Å². The van der Waals surface area contributed by atoms with E-state index in [0.717, 1.165) is 19.4 Å². The molecule has 0 saturated heterocycles. The third kappa shape index (κ3) is 7.18. The van der Waals surface area contributed by atoms with Crippen LogP contribution in [0.3, 0.4) is 0 Å². The highest BCUT2D eigenvalue weighted by molar-refractivity contribution is 5.75. The van der Waals surface area contributed by atoms with Gasteiger partial charge in [0.15, 0.2) is 0 Å². The van der Waals surface area contributed by atoms with E-state index in [-0.39, 0.29) is 5.91 Å². The van der Waals surface area contributed by atoms with Crippen LogP contribution in [0.4, 0.5) is 0 Å². The lowest BCUT2D eigenvalue weighted by atomic mass is 10.1. The molecule has 0 spiro atoms. The molecule has 0 aromatic carbocycles. The fourth-order valence-corrected chi connectivity index (χ4v) is 1.87. The Kier molecular flexibility index (Phi) is 6.97. The Morgan fingerprint density at radius 2 is 1.53 bits per heavy atom. The van der Waals surface area contributed by atoms with Crippen LogP contribution in [-0.4, -0.2) is 12.5 Å². The molecule has 0 aliphatic carbocycles. The van der Waals surface area contributed by atoms with Gasteiger partial charge in [-0.05, 0) is 25.7 Å². The van der Waals surface area contributed by atoms with E-state index in [1.54, 1.807) is 0 Å². The lowest BCUT2D eigenvalue weighted by molar-refractivity contribution is -0.121. The zero-order valence-corrected chi connectivity index (χ0v) is 9.63. The van der Waals surface area contributed by atoms with Crippen molar-refractivity contribution in [2.45, 2.75) is 57.8 Å². The van der Waals surface area contributed by atoms with Crippen molar-refractivity contribution >= 4 is 5.91 Å². The number of rotatable bonds is 0. The van der Waals surface area contributed by atoms with Crippen LogP contribution in [0.5, 0.6) is 0 Å². The van der Waals surface area contributed by atoms with Crippen LogP contribution in [0.1, 0.15) is 57.8 Å². The summed E-state index contributed by atoms with van der Waals surface area (Å²) in [5.74, 6) is 0.223. The first kappa shape index (κ1) is 12.3. The zero-order chi connectivity index (χ0) is 10.8. The molecule has 2 nitrogen and oxygen atoms in total. The van der Waals surface area contributed by atoms with E-state index in [4.69, 9.17) is 0 Å². The smallest absolute Gasteiger partial charge is 0.220 e. The number of hydrogen-bond donors (Lipinski definition) is 1. The molecule has 1 aliphatic heterocycles. The van der Waals surface area contributed by atoms with Crippen LogP contribution in [0.15, 0.2) is 12.2 Å². The molecule has 2 heteroatoms. The Bertz CT molecular complexity index is 199. The van der Waals surface area contributed by atoms with E-state index in [1.807, 2.05) is 0 Å². The van der Waals surface area contributed by atoms with Crippen molar-refractivity contribution in [3.8, 4) is 0 Å². The van der Waals surface area contributed by atoms with Gasteiger partial charge >= 0.3 is 0 Å². The van der Waals surface area contributed by atoms with Crippen LogP contribution in [0.25, 0.3) is 0 Å². The fraction of sp³-hybridized carbons (Fsp3) is 0.769. The maximum absolute atomic E-state index is 11.3. The largest absolute Gasteiger partial charge is 0.356 e. The summed E-state index contributed by atoms with van der Waals surface area (Å²) in [5.41, 5.74) is 0. The topological polar surface area (TPSA) is 29.1 Å². The Hall–Kier alpha value is -0.790. The summed E-state index contributed by atoms with van der Waals surface area (Å²) in [6.45, 7) is 0.801. The van der Waals surface area contributed by atoms with Gasteiger partial charge < -0.3 is 5.32 Å². The van der Waals surface area contributed by atoms with Gasteiger partial charge in [-0.2, -0.15) is 0 Å². The summed E-state index contributed by atoms with van der Waals surface area (Å²) >= 11 is 0. The minimum atomic E-state index is 0.223. The van der Waals surface area contributed by atoms with Crippen LogP contribution in [0, 0.1) is 0 Å². The van der Waals surface area contributed by atoms with Crippen molar-refractivity contribution in [2.75, 3.05) is 6.54 Å². The predicted molar refractivity (Wildman–Crippen MR) is 63.7 cm³/mol. The summed E-state index contributed by atoms with van der Waals surface area (Å²) in [7, 11) is 0. The molecule has 1 N–H and O–H groups in total. The average Bonchev–Trinajstić information content (AvgIpc) is 2.24. The van der Waals surface area contributed by atoms with E-state index in [2.05, 4.69) is 17.5 Å². The molecule has 0 atom stereocenters. The van der Waals surface area contributed by atoms with Gasteiger partial charge in [-0.1, -0.05) is 37.8 Å². The number of allylic oxidation sites excluding steroid dienone is 1. The van der Waals surface area contributed by atoms with Crippen molar-refractivity contribution in [1.82, 2.24) is 5.32 Å². The molecule has 0 radical (unpaired) electrons. The van der Waals surface area contributed by atoms with Gasteiger partial charge in [0.2, 0.25) is 5.91 Å². The van der Waals surface area contributed by atoms with Crippen LogP contribution < -0.4 is 5.32 Å². The highest BCUT2D eigenvalue weighted by Crippen LogP contribution is 2.09. The number of carbonyl (C=O) groups is 1. The molecule has 1 heterocycles. The molecule has 0 saturated carbocycles. The Balaban J connectivity index is 2.21. The Morgan fingerprint density at radius 1 is 0.867 bits per heavy atom. The third-order valence-electron chi connectivity index (χ3n) is 2.82. The van der Waals surface area contributed by atoms with Gasteiger partial charge in [0.1, 0.15) is 0 Å². The first-order valence-corrected chi connectivity index (χ1v) is 6.31. The first-order chi connectivity index (χ1) is 7.39. The van der Waals surface area contributed by atoms with Gasteiger partial charge in [-0.15, -0.1) is 0 Å². The molecule has 15 heavy (non-hydrogen) atoms. The molecule has 1 aliphatic rings. The SMILES string of the molecule is O=C1CCCCCCCCC=CCCN1. The van der Waals surface area contributed by atoms with Gasteiger partial charge in [-0.3, -0.25) is 4.79 Å². The molecule has 0 bridgehead atoms. The maximum Gasteiger partial charge on any atom is 0.220 e. The normalized spacial score (nSPS) is 21.7. The first-order valence-electron chi connectivity index (χ1n) is 6.31. The second-order valence-electron chi connectivity index (χ2n) is 4.27. The molecule has 0 fully saturated rings. The van der Waals surface area contributed by atoms with E-state index in [9.17, 15) is 4.79 Å². The van der Waals surface area contributed by atoms with Gasteiger partial charge in [0.05, 0.1) is 0 Å². The lowest BCUT2D eigenvalue weighted by Gasteiger charge is -2.04. The Labute approximate surface area is 93.1 Å². The number of carbonyl (C=O) groups excluding carboxylic acids is 1. The molecule has 1 amide bonds. The number of hydrogen-bond acceptors (Lipinski definition) is 1. The highest BCUT2D eigenvalue weighted by Gasteiger charge is 1.99. The summed E-state index contributed by atoms with van der Waals surface area (Å²) in [6, 6.07) is 0. The van der Waals surface area contributed by atoms with Crippen molar-refractivity contribution in [3.05, 3.63) is 12.2 Å². The summed E-state index contributed by atoms with van der Waals surface area (Å²) in [5, 5.41) is 2.95. The van der Waals surface area contributed by atoms with Crippen molar-refractivity contribution < 1.29 is 4.79 Å². The molecule has 1 rings (SSSR count). The van der Waals surface area contributed by atoms with E-state index >= 15 is 0 Å². The van der Waals surface area contributed by atoms with Crippen LogP contribution in [-0.2, 0) is 4.79 Å². The van der Waals surface area contributed by atoms with E-state index in [1.165, 1.54) is 38.5 Å². The zero-order valence-electron chi connectivity index (χ0n) is 9.63. The standard InChI is InChI=1S/C13H23NO/c15-13-11-9-7-5-3-1-2-4-6-8-10-12-14-13/h6,8H,1-5,7,9-12H2,(H,14,15). The lowest BCUT2D eigenvalue weighted by Crippen LogP contribution is -2.23. The number of amides is 1. The molecule has 0 aromatic heterocycles. The predicted octanol–water partition coefficient (Wildman–Crippen LogP) is 3.18. The molecule has 0 unspecified atom stereocenters. The van der Waals surface area contributed by atoms with Gasteiger partial charge in [0, 0.05) is 13.0 Å². The summed E-state index contributed by atoms with van der Waals surface area (Å²) < 4.78 is 0. The Morgan fingerprint density at radius 3 is 2.40 bits per heavy atom. The van der Waals surface area contributed by atoms with E-state index in [0.29, 0.717) is 6.42 Å². The third-order valence-corrected chi connectivity index (χ3v) is 2.82. The summed E-state index contributed by atoms with van der Waals surface area (Å²) in [6.07, 6.45) is 14.9. The molecular formula is C13H23NO. The molecule has 0 aromatic rings. The second kappa shape index (κ2) is 8.51. The molecular weight excluding hydrogens is 186 g/mol. The highest BCUT2D eigenvalue weighted by atomic mass is 16.1. The van der Waals surface area contributed by atoms with Crippen LogP contribution >= 0.6 is 0 Å².